The minimum absolute atomic E-state index is 0.00337. The van der Waals surface area contributed by atoms with Gasteiger partial charge in [-0.05, 0) is 28.8 Å². The molecule has 0 saturated carbocycles. The van der Waals surface area contributed by atoms with Crippen LogP contribution in [0.5, 0.6) is 0 Å². The van der Waals surface area contributed by atoms with E-state index in [2.05, 4.69) is 23.1 Å². The van der Waals surface area contributed by atoms with Crippen LogP contribution in [0.25, 0.3) is 0 Å². The third-order valence-corrected chi connectivity index (χ3v) is 5.37. The Morgan fingerprint density at radius 2 is 1.70 bits per heavy atom. The van der Waals surface area contributed by atoms with Crippen LogP contribution in [0.15, 0.2) is 59.8 Å². The topological polar surface area (TPSA) is 68.3 Å². The van der Waals surface area contributed by atoms with E-state index in [1.807, 2.05) is 30.3 Å². The fraction of sp³-hybridized carbons (Fsp3) is 0.304. The quantitative estimate of drug-likeness (QED) is 0.705. The molecule has 30 heavy (non-hydrogen) atoms. The number of hydrogen-bond acceptors (Lipinski definition) is 7. The standard InChI is InChI=1S/C23H24N2O5/c1-28-22(26)20-14-30-15-25(21(20)23(27)29-2)19-9-8-17-12-24(13-18(17)10-19)11-16-6-4-3-5-7-16/h3-10H,11-15H2,1-2H3. The first-order valence-electron chi connectivity index (χ1n) is 9.74. The third kappa shape index (κ3) is 3.94. The second-order valence-electron chi connectivity index (χ2n) is 7.30. The van der Waals surface area contributed by atoms with Crippen LogP contribution in [-0.4, -0.2) is 44.4 Å². The molecule has 2 aliphatic rings. The van der Waals surface area contributed by atoms with Crippen LogP contribution in [0, 0.1) is 0 Å². The number of methoxy groups -OCH3 is 2. The van der Waals surface area contributed by atoms with Crippen molar-refractivity contribution in [1.29, 1.82) is 0 Å². The zero-order chi connectivity index (χ0) is 21.1. The number of carbonyl (C=O) groups excluding carboxylic acids is 2. The molecule has 0 amide bonds. The van der Waals surface area contributed by atoms with Gasteiger partial charge in [-0.3, -0.25) is 4.90 Å². The van der Waals surface area contributed by atoms with Gasteiger partial charge in [0, 0.05) is 25.3 Å². The van der Waals surface area contributed by atoms with E-state index in [0.717, 1.165) is 25.3 Å². The van der Waals surface area contributed by atoms with Crippen LogP contribution < -0.4 is 4.90 Å². The lowest BCUT2D eigenvalue weighted by Crippen LogP contribution is -2.38. The first-order valence-corrected chi connectivity index (χ1v) is 9.74. The van der Waals surface area contributed by atoms with Crippen molar-refractivity contribution in [3.05, 3.63) is 76.5 Å². The number of rotatable bonds is 5. The molecule has 156 valence electrons. The van der Waals surface area contributed by atoms with Crippen LogP contribution in [0.3, 0.4) is 0 Å². The van der Waals surface area contributed by atoms with E-state index in [4.69, 9.17) is 14.2 Å². The van der Waals surface area contributed by atoms with Crippen molar-refractivity contribution in [3.63, 3.8) is 0 Å². The van der Waals surface area contributed by atoms with E-state index < -0.39 is 11.9 Å². The van der Waals surface area contributed by atoms with Crippen LogP contribution in [0.4, 0.5) is 5.69 Å². The molecule has 7 nitrogen and oxygen atoms in total. The van der Waals surface area contributed by atoms with Crippen molar-refractivity contribution in [2.45, 2.75) is 19.6 Å². The highest BCUT2D eigenvalue weighted by Crippen LogP contribution is 2.32. The smallest absolute Gasteiger partial charge is 0.355 e. The van der Waals surface area contributed by atoms with E-state index in [1.165, 1.54) is 30.9 Å². The van der Waals surface area contributed by atoms with E-state index in [0.29, 0.717) is 0 Å². The summed E-state index contributed by atoms with van der Waals surface area (Å²) in [5, 5.41) is 0. The zero-order valence-corrected chi connectivity index (χ0v) is 17.1. The summed E-state index contributed by atoms with van der Waals surface area (Å²) in [6.07, 6.45) is 0. The van der Waals surface area contributed by atoms with Crippen molar-refractivity contribution >= 4 is 17.6 Å². The van der Waals surface area contributed by atoms with E-state index in [9.17, 15) is 9.59 Å². The maximum Gasteiger partial charge on any atom is 0.355 e. The molecule has 0 bridgehead atoms. The van der Waals surface area contributed by atoms with Crippen LogP contribution in [0.1, 0.15) is 16.7 Å². The van der Waals surface area contributed by atoms with Gasteiger partial charge in [0.05, 0.1) is 26.4 Å². The van der Waals surface area contributed by atoms with Crippen molar-refractivity contribution < 1.29 is 23.8 Å². The molecule has 0 spiro atoms. The number of esters is 2. The van der Waals surface area contributed by atoms with Gasteiger partial charge in [0.25, 0.3) is 0 Å². The highest BCUT2D eigenvalue weighted by molar-refractivity contribution is 6.03. The van der Waals surface area contributed by atoms with Gasteiger partial charge in [-0.1, -0.05) is 36.4 Å². The molecule has 0 aliphatic carbocycles. The Kier molecular flexibility index (Phi) is 5.83. The van der Waals surface area contributed by atoms with Gasteiger partial charge in [-0.25, -0.2) is 9.59 Å². The summed E-state index contributed by atoms with van der Waals surface area (Å²) in [5.74, 6) is -1.19. The Hall–Kier alpha value is -3.16. The number of anilines is 1. The maximum atomic E-state index is 12.5. The van der Waals surface area contributed by atoms with Crippen molar-refractivity contribution in [2.75, 3.05) is 32.5 Å². The molecule has 0 unspecified atom stereocenters. The Labute approximate surface area is 175 Å². The number of hydrogen-bond donors (Lipinski definition) is 0. The molecule has 0 saturated heterocycles. The monoisotopic (exact) mass is 408 g/mol. The summed E-state index contributed by atoms with van der Waals surface area (Å²) in [7, 11) is 2.57. The number of nitrogens with zero attached hydrogens (tertiary/aromatic N) is 2. The van der Waals surface area contributed by atoms with E-state index in [1.54, 1.807) is 4.90 Å². The minimum Gasteiger partial charge on any atom is -0.466 e. The number of carbonyl (C=O) groups is 2. The highest BCUT2D eigenvalue weighted by atomic mass is 16.5. The summed E-state index contributed by atoms with van der Waals surface area (Å²) >= 11 is 0. The predicted molar refractivity (Wildman–Crippen MR) is 110 cm³/mol. The van der Waals surface area contributed by atoms with Gasteiger partial charge in [-0.2, -0.15) is 0 Å². The number of fused-ring (bicyclic) bond motifs is 1. The van der Waals surface area contributed by atoms with Crippen LogP contribution >= 0.6 is 0 Å². The van der Waals surface area contributed by atoms with Gasteiger partial charge in [0.15, 0.2) is 0 Å². The molecule has 7 heteroatoms. The summed E-state index contributed by atoms with van der Waals surface area (Å²) in [6, 6.07) is 16.4. The lowest BCUT2D eigenvalue weighted by Gasteiger charge is -2.31. The average molecular weight is 408 g/mol. The lowest BCUT2D eigenvalue weighted by molar-refractivity contribution is -0.140. The van der Waals surface area contributed by atoms with Gasteiger partial charge in [0.2, 0.25) is 0 Å². The van der Waals surface area contributed by atoms with E-state index in [-0.39, 0.29) is 24.6 Å². The number of ether oxygens (including phenoxy) is 3. The Balaban J connectivity index is 1.60. The van der Waals surface area contributed by atoms with Crippen molar-refractivity contribution in [1.82, 2.24) is 4.90 Å². The first kappa shape index (κ1) is 20.1. The molecule has 2 aliphatic heterocycles. The molecule has 0 aromatic heterocycles. The van der Waals surface area contributed by atoms with Gasteiger partial charge >= 0.3 is 11.9 Å². The predicted octanol–water partition coefficient (Wildman–Crippen LogP) is 2.60. The lowest BCUT2D eigenvalue weighted by atomic mass is 10.1. The largest absolute Gasteiger partial charge is 0.466 e. The normalized spacial score (nSPS) is 16.4. The van der Waals surface area contributed by atoms with E-state index >= 15 is 0 Å². The molecular formula is C23H24N2O5. The maximum absolute atomic E-state index is 12.5. The summed E-state index contributed by atoms with van der Waals surface area (Å²) in [4.78, 5) is 28.7. The molecule has 0 fully saturated rings. The molecular weight excluding hydrogens is 384 g/mol. The molecule has 0 N–H and O–H groups in total. The zero-order valence-electron chi connectivity index (χ0n) is 17.1. The fourth-order valence-electron chi connectivity index (χ4n) is 3.92. The Morgan fingerprint density at radius 3 is 2.43 bits per heavy atom. The average Bonchev–Trinajstić information content (AvgIpc) is 3.19. The number of benzene rings is 2. The van der Waals surface area contributed by atoms with Crippen molar-refractivity contribution in [2.24, 2.45) is 0 Å². The second-order valence-corrected chi connectivity index (χ2v) is 7.30. The van der Waals surface area contributed by atoms with Gasteiger partial charge in [-0.15, -0.1) is 0 Å². The summed E-state index contributed by atoms with van der Waals surface area (Å²) < 4.78 is 15.3. The molecule has 0 radical (unpaired) electrons. The Bertz CT molecular complexity index is 986. The van der Waals surface area contributed by atoms with Crippen molar-refractivity contribution in [3.8, 4) is 0 Å². The molecule has 2 aromatic carbocycles. The fourth-order valence-corrected chi connectivity index (χ4v) is 3.92. The molecule has 4 rings (SSSR count). The minimum atomic E-state index is -0.602. The van der Waals surface area contributed by atoms with Crippen LogP contribution in [-0.2, 0) is 43.4 Å². The molecule has 0 atom stereocenters. The third-order valence-electron chi connectivity index (χ3n) is 5.37. The van der Waals surface area contributed by atoms with Gasteiger partial charge < -0.3 is 19.1 Å². The first-order chi connectivity index (χ1) is 14.6. The summed E-state index contributed by atoms with van der Waals surface area (Å²) in [6.45, 7) is 2.71. The summed E-state index contributed by atoms with van der Waals surface area (Å²) in [5.41, 5.74) is 4.81. The van der Waals surface area contributed by atoms with Gasteiger partial charge in [0.1, 0.15) is 12.4 Å². The Morgan fingerprint density at radius 1 is 0.967 bits per heavy atom. The van der Waals surface area contributed by atoms with Crippen LogP contribution in [0.2, 0.25) is 0 Å². The molecule has 2 aromatic rings. The molecule has 2 heterocycles. The second kappa shape index (κ2) is 8.69. The highest BCUT2D eigenvalue weighted by Gasteiger charge is 2.33. The SMILES string of the molecule is COC(=O)C1=C(C(=O)OC)N(c2ccc3c(c2)CN(Cc2ccccc2)C3)COC1.